The minimum Gasteiger partial charge on any atom is -0.489 e. The first-order valence-corrected chi connectivity index (χ1v) is 10.8. The first kappa shape index (κ1) is 19.9. The number of benzene rings is 4. The molecule has 0 fully saturated rings. The molecule has 4 aromatic carbocycles. The van der Waals surface area contributed by atoms with Crippen LogP contribution in [0.4, 0.5) is 0 Å². The number of fused-ring (bicyclic) bond motifs is 2. The van der Waals surface area contributed by atoms with Crippen molar-refractivity contribution in [2.45, 2.75) is 13.0 Å². The molecule has 1 heterocycles. The summed E-state index contributed by atoms with van der Waals surface area (Å²) in [5, 5.41) is 6.26. The molecule has 4 heteroatoms. The molecule has 0 saturated heterocycles. The average Bonchev–Trinajstić information content (AvgIpc) is 3.25. The number of aromatic amines is 1. The van der Waals surface area contributed by atoms with Crippen LogP contribution in [0.3, 0.4) is 0 Å². The molecule has 32 heavy (non-hydrogen) atoms. The highest BCUT2D eigenvalue weighted by Crippen LogP contribution is 2.24. The lowest BCUT2D eigenvalue weighted by Gasteiger charge is -2.08. The van der Waals surface area contributed by atoms with E-state index in [1.807, 2.05) is 79.0 Å². The lowest BCUT2D eigenvalue weighted by molar-refractivity contribution is 0.0956. The lowest BCUT2D eigenvalue weighted by atomic mass is 10.0. The van der Waals surface area contributed by atoms with E-state index in [0.29, 0.717) is 18.7 Å². The van der Waals surface area contributed by atoms with Crippen molar-refractivity contribution in [2.24, 2.45) is 0 Å². The quantitative estimate of drug-likeness (QED) is 0.346. The first-order valence-electron chi connectivity index (χ1n) is 10.8. The summed E-state index contributed by atoms with van der Waals surface area (Å²) in [5.74, 6) is 0.789. The van der Waals surface area contributed by atoms with Gasteiger partial charge >= 0.3 is 0 Å². The number of carbonyl (C=O) groups excluding carboxylic acids is 1. The maximum absolute atomic E-state index is 12.7. The topological polar surface area (TPSA) is 54.1 Å². The Morgan fingerprint density at radius 2 is 1.66 bits per heavy atom. The molecule has 0 aliphatic heterocycles. The van der Waals surface area contributed by atoms with Crippen LogP contribution >= 0.6 is 0 Å². The van der Waals surface area contributed by atoms with Crippen molar-refractivity contribution >= 4 is 27.6 Å². The highest BCUT2D eigenvalue weighted by molar-refractivity contribution is 6.07. The molecule has 0 spiro atoms. The van der Waals surface area contributed by atoms with Gasteiger partial charge in [0.2, 0.25) is 0 Å². The van der Waals surface area contributed by atoms with E-state index in [1.54, 1.807) is 0 Å². The molecule has 0 unspecified atom stereocenters. The molecule has 158 valence electrons. The molecule has 0 bridgehead atoms. The molecule has 5 rings (SSSR count). The molecular formula is C28H24N2O2. The van der Waals surface area contributed by atoms with Gasteiger partial charge in [0.05, 0.1) is 0 Å². The van der Waals surface area contributed by atoms with Crippen molar-refractivity contribution in [1.82, 2.24) is 10.3 Å². The second-order valence-corrected chi connectivity index (χ2v) is 7.83. The average molecular weight is 421 g/mol. The molecule has 0 aliphatic rings. The minimum atomic E-state index is -0.0433. The van der Waals surface area contributed by atoms with Crippen LogP contribution in [0.2, 0.25) is 0 Å². The normalized spacial score (nSPS) is 11.0. The van der Waals surface area contributed by atoms with Crippen molar-refractivity contribution < 1.29 is 9.53 Å². The molecule has 0 saturated carbocycles. The zero-order valence-corrected chi connectivity index (χ0v) is 17.7. The fraction of sp³-hybridized carbons (Fsp3) is 0.107. The van der Waals surface area contributed by atoms with Crippen molar-refractivity contribution in [3.8, 4) is 5.75 Å². The van der Waals surface area contributed by atoms with E-state index in [4.69, 9.17) is 4.74 Å². The van der Waals surface area contributed by atoms with Crippen LogP contribution in [-0.2, 0) is 13.0 Å². The maximum Gasteiger partial charge on any atom is 0.251 e. The second-order valence-electron chi connectivity index (χ2n) is 7.83. The van der Waals surface area contributed by atoms with Crippen molar-refractivity contribution in [1.29, 1.82) is 0 Å². The van der Waals surface area contributed by atoms with Crippen molar-refractivity contribution in [3.05, 3.63) is 114 Å². The number of carbonyl (C=O) groups is 1. The zero-order valence-electron chi connectivity index (χ0n) is 17.7. The van der Waals surface area contributed by atoms with Gasteiger partial charge in [-0.15, -0.1) is 0 Å². The van der Waals surface area contributed by atoms with Gasteiger partial charge in [-0.25, -0.2) is 0 Å². The largest absolute Gasteiger partial charge is 0.489 e. The van der Waals surface area contributed by atoms with Crippen LogP contribution in [0.15, 0.2) is 97.2 Å². The van der Waals surface area contributed by atoms with E-state index >= 15 is 0 Å². The number of amides is 1. The Balaban J connectivity index is 1.22. The number of hydrogen-bond donors (Lipinski definition) is 2. The standard InChI is InChI=1S/C28H24N2O2/c31-28(26-12-6-10-21-9-4-5-11-24(21)26)29-16-15-22-18-30-27-17-23(13-14-25(22)27)32-19-20-7-2-1-3-8-20/h1-14,17-18,30H,15-16,19H2,(H,29,31). The maximum atomic E-state index is 12.7. The van der Waals surface area contributed by atoms with Crippen LogP contribution in [0.5, 0.6) is 5.75 Å². The van der Waals surface area contributed by atoms with E-state index in [9.17, 15) is 4.79 Å². The van der Waals surface area contributed by atoms with Crippen LogP contribution < -0.4 is 10.1 Å². The highest BCUT2D eigenvalue weighted by Gasteiger charge is 2.10. The summed E-state index contributed by atoms with van der Waals surface area (Å²) in [6.07, 6.45) is 2.76. The summed E-state index contributed by atoms with van der Waals surface area (Å²) in [4.78, 5) is 16.1. The Bertz CT molecular complexity index is 1370. The Morgan fingerprint density at radius 3 is 2.56 bits per heavy atom. The number of nitrogens with one attached hydrogen (secondary N) is 2. The zero-order chi connectivity index (χ0) is 21.8. The van der Waals surface area contributed by atoms with Gasteiger partial charge in [-0.05, 0) is 46.5 Å². The Hall–Kier alpha value is -4.05. The summed E-state index contributed by atoms with van der Waals surface area (Å²) < 4.78 is 5.93. The Labute approximate surface area is 186 Å². The van der Waals surface area contributed by atoms with Gasteiger partial charge in [0.1, 0.15) is 12.4 Å². The van der Waals surface area contributed by atoms with Gasteiger partial charge in [-0.3, -0.25) is 4.79 Å². The number of aromatic nitrogens is 1. The van der Waals surface area contributed by atoms with Crippen LogP contribution in [0.25, 0.3) is 21.7 Å². The third-order valence-electron chi connectivity index (χ3n) is 5.70. The number of H-pyrrole nitrogens is 1. The molecular weight excluding hydrogens is 396 g/mol. The fourth-order valence-electron chi connectivity index (χ4n) is 4.03. The first-order chi connectivity index (χ1) is 15.8. The summed E-state index contributed by atoms with van der Waals surface area (Å²) in [6.45, 7) is 1.11. The predicted molar refractivity (Wildman–Crippen MR) is 129 cm³/mol. The number of ether oxygens (including phenoxy) is 1. The van der Waals surface area contributed by atoms with Crippen LogP contribution in [0, 0.1) is 0 Å². The molecule has 4 nitrogen and oxygen atoms in total. The predicted octanol–water partition coefficient (Wildman–Crippen LogP) is 5.87. The third kappa shape index (κ3) is 4.21. The summed E-state index contributed by atoms with van der Waals surface area (Å²) in [6, 6.07) is 30.0. The minimum absolute atomic E-state index is 0.0433. The van der Waals surface area contributed by atoms with Gasteiger partial charge < -0.3 is 15.0 Å². The van der Waals surface area contributed by atoms with E-state index in [-0.39, 0.29) is 5.91 Å². The molecule has 1 amide bonds. The van der Waals surface area contributed by atoms with Gasteiger partial charge in [0.15, 0.2) is 0 Å². The SMILES string of the molecule is O=C(NCCc1c[nH]c2cc(OCc3ccccc3)ccc12)c1cccc2ccccc12. The Morgan fingerprint density at radius 1 is 0.844 bits per heavy atom. The van der Waals surface area contributed by atoms with Crippen molar-refractivity contribution in [3.63, 3.8) is 0 Å². The molecule has 2 N–H and O–H groups in total. The van der Waals surface area contributed by atoms with Gasteiger partial charge in [0.25, 0.3) is 5.91 Å². The molecule has 5 aromatic rings. The fourth-order valence-corrected chi connectivity index (χ4v) is 4.03. The van der Waals surface area contributed by atoms with Crippen LogP contribution in [0.1, 0.15) is 21.5 Å². The summed E-state index contributed by atoms with van der Waals surface area (Å²) >= 11 is 0. The molecule has 0 aliphatic carbocycles. The highest BCUT2D eigenvalue weighted by atomic mass is 16.5. The number of rotatable bonds is 7. The van der Waals surface area contributed by atoms with Crippen LogP contribution in [-0.4, -0.2) is 17.4 Å². The monoisotopic (exact) mass is 420 g/mol. The lowest BCUT2D eigenvalue weighted by Crippen LogP contribution is -2.25. The second kappa shape index (κ2) is 8.98. The van der Waals surface area contributed by atoms with Gasteiger partial charge in [-0.1, -0.05) is 66.7 Å². The molecule has 0 radical (unpaired) electrons. The molecule has 0 atom stereocenters. The van der Waals surface area contributed by atoms with E-state index in [1.165, 1.54) is 5.56 Å². The summed E-state index contributed by atoms with van der Waals surface area (Å²) in [7, 11) is 0. The van der Waals surface area contributed by atoms with Crippen molar-refractivity contribution in [2.75, 3.05) is 6.54 Å². The van der Waals surface area contributed by atoms with E-state index < -0.39 is 0 Å². The third-order valence-corrected chi connectivity index (χ3v) is 5.70. The molecule has 1 aromatic heterocycles. The van der Waals surface area contributed by atoms with Gasteiger partial charge in [-0.2, -0.15) is 0 Å². The van der Waals surface area contributed by atoms with E-state index in [2.05, 4.69) is 28.5 Å². The van der Waals surface area contributed by atoms with Gasteiger partial charge in [0, 0.05) is 35.3 Å². The summed E-state index contributed by atoms with van der Waals surface area (Å²) in [5.41, 5.74) is 4.06. The Kier molecular flexibility index (Phi) is 5.58. The smallest absolute Gasteiger partial charge is 0.251 e. The van der Waals surface area contributed by atoms with E-state index in [0.717, 1.165) is 39.4 Å². The number of hydrogen-bond acceptors (Lipinski definition) is 2.